The van der Waals surface area contributed by atoms with Crippen LogP contribution in [-0.4, -0.2) is 32.3 Å². The van der Waals surface area contributed by atoms with Gasteiger partial charge in [0.05, 0.1) is 11.8 Å². The molecule has 1 aromatic rings. The van der Waals surface area contributed by atoms with E-state index in [2.05, 4.69) is 15.3 Å². The summed E-state index contributed by atoms with van der Waals surface area (Å²) in [5.74, 6) is -0.384. The molecule has 0 unspecified atom stereocenters. The summed E-state index contributed by atoms with van der Waals surface area (Å²) in [6.07, 6.45) is 0. The molecule has 1 amide bonds. The highest BCUT2D eigenvalue weighted by atomic mass is 32.2. The fourth-order valence-corrected chi connectivity index (χ4v) is 1.75. The van der Waals surface area contributed by atoms with Crippen LogP contribution in [0.2, 0.25) is 0 Å². The number of rotatable bonds is 3. The predicted molar refractivity (Wildman–Crippen MR) is 65.1 cm³/mol. The molecule has 1 heterocycles. The van der Waals surface area contributed by atoms with E-state index in [1.165, 1.54) is 0 Å². The number of amides is 1. The Morgan fingerprint density at radius 1 is 1.59 bits per heavy atom. The third-order valence-electron chi connectivity index (χ3n) is 1.56. The van der Waals surface area contributed by atoms with E-state index in [9.17, 15) is 9.59 Å². The summed E-state index contributed by atoms with van der Waals surface area (Å²) < 4.78 is 0. The summed E-state index contributed by atoms with van der Waals surface area (Å²) in [5.41, 5.74) is -0.742. The number of nitrogens with zero attached hydrogens (tertiary/aromatic N) is 1. The summed E-state index contributed by atoms with van der Waals surface area (Å²) >= 11 is 1.06. The fourth-order valence-electron chi connectivity index (χ4n) is 1.08. The number of aromatic amines is 1. The predicted octanol–water partition coefficient (Wildman–Crippen LogP) is 0.482. The molecule has 1 aromatic heterocycles. The fraction of sp³-hybridized carbons (Fsp3) is 0.500. The minimum absolute atomic E-state index is 0.129. The molecule has 0 aliphatic heterocycles. The molecular formula is C10H15N3O3S. The highest BCUT2D eigenvalue weighted by molar-refractivity contribution is 7.99. The van der Waals surface area contributed by atoms with Crippen LogP contribution in [0.25, 0.3) is 0 Å². The number of hydrogen-bond acceptors (Lipinski definition) is 5. The Morgan fingerprint density at radius 3 is 2.76 bits per heavy atom. The number of carbonyl (C=O) groups is 1. The zero-order valence-electron chi connectivity index (χ0n) is 9.90. The smallest absolute Gasteiger partial charge is 0.255 e. The first-order valence-corrected chi connectivity index (χ1v) is 5.99. The Balaban J connectivity index is 2.56. The minimum Gasteiger partial charge on any atom is -0.493 e. The molecule has 94 valence electrons. The highest BCUT2D eigenvalue weighted by Crippen LogP contribution is 2.13. The lowest BCUT2D eigenvalue weighted by atomic mass is 10.1. The molecule has 17 heavy (non-hydrogen) atoms. The van der Waals surface area contributed by atoms with Crippen LogP contribution in [0.1, 0.15) is 20.8 Å². The van der Waals surface area contributed by atoms with Crippen molar-refractivity contribution in [2.24, 2.45) is 0 Å². The summed E-state index contributed by atoms with van der Waals surface area (Å²) in [5, 5.41) is 12.1. The first-order valence-electron chi connectivity index (χ1n) is 5.00. The maximum absolute atomic E-state index is 11.5. The van der Waals surface area contributed by atoms with Crippen LogP contribution < -0.4 is 10.9 Å². The number of aromatic hydroxyl groups is 1. The molecular weight excluding hydrogens is 242 g/mol. The highest BCUT2D eigenvalue weighted by Gasteiger charge is 2.14. The van der Waals surface area contributed by atoms with E-state index in [0.717, 1.165) is 17.8 Å². The van der Waals surface area contributed by atoms with Gasteiger partial charge < -0.3 is 15.4 Å². The second-order valence-corrected chi connectivity index (χ2v) is 5.46. The normalized spacial score (nSPS) is 11.2. The summed E-state index contributed by atoms with van der Waals surface area (Å²) in [7, 11) is 0. The van der Waals surface area contributed by atoms with E-state index in [0.29, 0.717) is 0 Å². The van der Waals surface area contributed by atoms with Gasteiger partial charge >= 0.3 is 0 Å². The lowest BCUT2D eigenvalue weighted by Crippen LogP contribution is -2.41. The van der Waals surface area contributed by atoms with Gasteiger partial charge in [-0.2, -0.15) is 4.98 Å². The van der Waals surface area contributed by atoms with Crippen molar-refractivity contribution < 1.29 is 9.90 Å². The molecule has 0 atom stereocenters. The average Bonchev–Trinajstić information content (AvgIpc) is 2.10. The lowest BCUT2D eigenvalue weighted by Gasteiger charge is -2.20. The van der Waals surface area contributed by atoms with Crippen LogP contribution >= 0.6 is 11.8 Å². The Labute approximate surface area is 103 Å². The molecule has 0 radical (unpaired) electrons. The average molecular weight is 257 g/mol. The molecule has 6 nitrogen and oxygen atoms in total. The first-order chi connectivity index (χ1) is 7.76. The van der Waals surface area contributed by atoms with Crippen molar-refractivity contribution in [3.8, 4) is 5.88 Å². The Kier molecular flexibility index (Phi) is 4.17. The molecule has 0 aliphatic rings. The SMILES string of the molecule is CC(C)(C)NC(=O)CSc1nc(O)cc(=O)[nH]1. The van der Waals surface area contributed by atoms with Gasteiger partial charge in [-0.1, -0.05) is 11.8 Å². The standard InChI is InChI=1S/C10H15N3O3S/c1-10(2,3)13-8(16)5-17-9-11-6(14)4-7(15)12-9/h4H,5H2,1-3H3,(H,13,16)(H2,11,12,14,15). The molecule has 3 N–H and O–H groups in total. The molecule has 0 saturated carbocycles. The van der Waals surface area contributed by atoms with E-state index < -0.39 is 5.56 Å². The van der Waals surface area contributed by atoms with Crippen molar-refractivity contribution in [2.75, 3.05) is 5.75 Å². The Bertz CT molecular complexity index is 465. The van der Waals surface area contributed by atoms with E-state index in [4.69, 9.17) is 5.11 Å². The van der Waals surface area contributed by atoms with Gasteiger partial charge in [0.15, 0.2) is 5.16 Å². The van der Waals surface area contributed by atoms with Crippen LogP contribution in [-0.2, 0) is 4.79 Å². The molecule has 0 aliphatic carbocycles. The van der Waals surface area contributed by atoms with Gasteiger partial charge in [-0.3, -0.25) is 9.59 Å². The maximum Gasteiger partial charge on any atom is 0.255 e. The largest absolute Gasteiger partial charge is 0.493 e. The van der Waals surface area contributed by atoms with Crippen LogP contribution in [0.15, 0.2) is 16.0 Å². The van der Waals surface area contributed by atoms with Gasteiger partial charge in [-0.15, -0.1) is 0 Å². The van der Waals surface area contributed by atoms with Gasteiger partial charge in [0.1, 0.15) is 0 Å². The Hall–Kier alpha value is -1.50. The maximum atomic E-state index is 11.5. The number of hydrogen-bond donors (Lipinski definition) is 3. The second kappa shape index (κ2) is 5.22. The van der Waals surface area contributed by atoms with Crippen molar-refractivity contribution in [1.29, 1.82) is 0 Å². The van der Waals surface area contributed by atoms with Crippen molar-refractivity contribution in [1.82, 2.24) is 15.3 Å². The van der Waals surface area contributed by atoms with Crippen LogP contribution in [0, 0.1) is 0 Å². The minimum atomic E-state index is -0.448. The first kappa shape index (κ1) is 13.6. The third kappa shape index (κ3) is 5.39. The zero-order chi connectivity index (χ0) is 13.1. The number of nitrogens with one attached hydrogen (secondary N) is 2. The van der Waals surface area contributed by atoms with E-state index in [-0.39, 0.29) is 28.2 Å². The number of aromatic nitrogens is 2. The van der Waals surface area contributed by atoms with Crippen molar-refractivity contribution in [2.45, 2.75) is 31.5 Å². The van der Waals surface area contributed by atoms with Crippen LogP contribution in [0.5, 0.6) is 5.88 Å². The summed E-state index contributed by atoms with van der Waals surface area (Å²) in [6.45, 7) is 5.64. The second-order valence-electron chi connectivity index (χ2n) is 4.50. The molecule has 0 fully saturated rings. The van der Waals surface area contributed by atoms with Gasteiger partial charge in [-0.05, 0) is 20.8 Å². The van der Waals surface area contributed by atoms with Crippen LogP contribution in [0.4, 0.5) is 0 Å². The molecule has 0 bridgehead atoms. The molecule has 7 heteroatoms. The zero-order valence-corrected chi connectivity index (χ0v) is 10.7. The molecule has 0 saturated heterocycles. The van der Waals surface area contributed by atoms with Gasteiger partial charge in [0, 0.05) is 5.54 Å². The topological polar surface area (TPSA) is 95.1 Å². The van der Waals surface area contributed by atoms with Gasteiger partial charge in [-0.25, -0.2) is 0 Å². The van der Waals surface area contributed by atoms with E-state index >= 15 is 0 Å². The quantitative estimate of drug-likeness (QED) is 0.541. The number of thioether (sulfide) groups is 1. The number of H-pyrrole nitrogens is 1. The van der Waals surface area contributed by atoms with E-state index in [1.807, 2.05) is 20.8 Å². The Morgan fingerprint density at radius 2 is 2.24 bits per heavy atom. The lowest BCUT2D eigenvalue weighted by molar-refractivity contribution is -0.119. The van der Waals surface area contributed by atoms with Crippen LogP contribution in [0.3, 0.4) is 0 Å². The van der Waals surface area contributed by atoms with Crippen molar-refractivity contribution in [3.63, 3.8) is 0 Å². The van der Waals surface area contributed by atoms with Crippen molar-refractivity contribution in [3.05, 3.63) is 16.4 Å². The van der Waals surface area contributed by atoms with E-state index in [1.54, 1.807) is 0 Å². The third-order valence-corrected chi connectivity index (χ3v) is 2.43. The molecule has 1 rings (SSSR count). The van der Waals surface area contributed by atoms with Gasteiger partial charge in [0.25, 0.3) is 5.56 Å². The number of carbonyl (C=O) groups excluding carboxylic acids is 1. The molecule has 0 spiro atoms. The molecule has 0 aromatic carbocycles. The van der Waals surface area contributed by atoms with Gasteiger partial charge in [0.2, 0.25) is 11.8 Å². The summed E-state index contributed by atoms with van der Waals surface area (Å²) in [6, 6.07) is 0.972. The monoisotopic (exact) mass is 257 g/mol. The summed E-state index contributed by atoms with van der Waals surface area (Å²) in [4.78, 5) is 28.6. The van der Waals surface area contributed by atoms with Crippen molar-refractivity contribution >= 4 is 17.7 Å².